The number of nitrogens with zero attached hydrogens (tertiary/aromatic N) is 2. The van der Waals surface area contributed by atoms with Gasteiger partial charge in [0.15, 0.2) is 0 Å². The van der Waals surface area contributed by atoms with Gasteiger partial charge < -0.3 is 5.11 Å². The molecule has 1 heterocycles. The van der Waals surface area contributed by atoms with Gasteiger partial charge in [0.1, 0.15) is 0 Å². The van der Waals surface area contributed by atoms with Crippen molar-refractivity contribution in [1.29, 1.82) is 0 Å². The van der Waals surface area contributed by atoms with Crippen molar-refractivity contribution in [2.75, 3.05) is 0 Å². The second-order valence-electron chi connectivity index (χ2n) is 4.34. The third-order valence-electron chi connectivity index (χ3n) is 3.21. The minimum absolute atomic E-state index is 0.290. The van der Waals surface area contributed by atoms with E-state index >= 15 is 0 Å². The van der Waals surface area contributed by atoms with Crippen LogP contribution in [0.4, 0.5) is 0 Å². The molecule has 0 saturated heterocycles. The number of aliphatic hydroxyl groups is 1. The van der Waals surface area contributed by atoms with Crippen LogP contribution in [0.3, 0.4) is 0 Å². The number of rotatable bonds is 5. The topological polar surface area (TPSA) is 38.0 Å². The molecule has 2 atom stereocenters. The summed E-state index contributed by atoms with van der Waals surface area (Å²) in [6.07, 6.45) is 2.28. The maximum absolute atomic E-state index is 10.0. The summed E-state index contributed by atoms with van der Waals surface area (Å²) < 4.78 is 2.92. The van der Waals surface area contributed by atoms with Gasteiger partial charge in [-0.15, -0.1) is 0 Å². The lowest BCUT2D eigenvalue weighted by Gasteiger charge is -2.17. The molecule has 0 saturated carbocycles. The van der Waals surface area contributed by atoms with Crippen molar-refractivity contribution in [3.63, 3.8) is 0 Å². The maximum Gasteiger partial charge on any atom is 0.0766 e. The Balaban J connectivity index is 2.84. The molecule has 0 bridgehead atoms. The molecule has 0 aliphatic carbocycles. The summed E-state index contributed by atoms with van der Waals surface area (Å²) in [6, 6.07) is 0. The Labute approximate surface area is 106 Å². The van der Waals surface area contributed by atoms with Crippen LogP contribution in [0.1, 0.15) is 38.6 Å². The van der Waals surface area contributed by atoms with Gasteiger partial charge in [0, 0.05) is 13.5 Å². The molecule has 92 valence electrons. The smallest absolute Gasteiger partial charge is 0.0766 e. The highest BCUT2D eigenvalue weighted by Crippen LogP contribution is 2.24. The molecule has 3 nitrogen and oxygen atoms in total. The molecule has 0 amide bonds. The minimum atomic E-state index is -0.290. The summed E-state index contributed by atoms with van der Waals surface area (Å²) in [5.41, 5.74) is 2.15. The minimum Gasteiger partial charge on any atom is -0.392 e. The molecule has 0 radical (unpaired) electrons. The lowest BCUT2D eigenvalue weighted by molar-refractivity contribution is 0.112. The molecule has 1 aromatic heterocycles. The summed E-state index contributed by atoms with van der Waals surface area (Å²) in [5.74, 6) is 0.326. The first kappa shape index (κ1) is 13.7. The van der Waals surface area contributed by atoms with Gasteiger partial charge in [0.25, 0.3) is 0 Å². The molecule has 0 aliphatic heterocycles. The SMILES string of the molecule is CCc1nn(C)c(CC(O)C(C)CC)c1Br. The summed E-state index contributed by atoms with van der Waals surface area (Å²) in [4.78, 5) is 0. The molecular weight excluding hydrogens is 268 g/mol. The summed E-state index contributed by atoms with van der Waals surface area (Å²) in [6.45, 7) is 6.27. The molecule has 1 rings (SSSR count). The number of aromatic nitrogens is 2. The molecule has 2 unspecified atom stereocenters. The van der Waals surface area contributed by atoms with Gasteiger partial charge in [0.05, 0.1) is 22.0 Å². The van der Waals surface area contributed by atoms with Gasteiger partial charge in [-0.25, -0.2) is 0 Å². The summed E-state index contributed by atoms with van der Waals surface area (Å²) >= 11 is 3.57. The molecule has 16 heavy (non-hydrogen) atoms. The van der Waals surface area contributed by atoms with Gasteiger partial charge >= 0.3 is 0 Å². The summed E-state index contributed by atoms with van der Waals surface area (Å²) in [5, 5.41) is 14.5. The zero-order chi connectivity index (χ0) is 12.3. The van der Waals surface area contributed by atoms with Gasteiger partial charge in [-0.1, -0.05) is 27.2 Å². The fourth-order valence-electron chi connectivity index (χ4n) is 1.71. The molecular formula is C12H21BrN2O. The van der Waals surface area contributed by atoms with Crippen molar-refractivity contribution < 1.29 is 5.11 Å². The number of aliphatic hydroxyl groups excluding tert-OH is 1. The van der Waals surface area contributed by atoms with E-state index in [1.165, 1.54) is 0 Å². The second kappa shape index (κ2) is 5.82. The Kier molecular flexibility index (Phi) is 4.99. The van der Waals surface area contributed by atoms with Crippen molar-refractivity contribution >= 4 is 15.9 Å². The Morgan fingerprint density at radius 3 is 2.50 bits per heavy atom. The third kappa shape index (κ3) is 2.86. The summed E-state index contributed by atoms with van der Waals surface area (Å²) in [7, 11) is 1.93. The normalized spacial score (nSPS) is 15.1. The lowest BCUT2D eigenvalue weighted by Crippen LogP contribution is -2.21. The van der Waals surface area contributed by atoms with Crippen LogP contribution in [-0.4, -0.2) is 21.0 Å². The molecule has 0 fully saturated rings. The van der Waals surface area contributed by atoms with Gasteiger partial charge in [-0.3, -0.25) is 4.68 Å². The average Bonchev–Trinajstić information content (AvgIpc) is 2.55. The zero-order valence-corrected chi connectivity index (χ0v) is 12.1. The van der Waals surface area contributed by atoms with Crippen molar-refractivity contribution in [2.45, 2.75) is 46.1 Å². The highest BCUT2D eigenvalue weighted by atomic mass is 79.9. The van der Waals surface area contributed by atoms with E-state index in [1.807, 2.05) is 11.7 Å². The Bertz CT molecular complexity index is 349. The quantitative estimate of drug-likeness (QED) is 0.905. The maximum atomic E-state index is 10.0. The predicted molar refractivity (Wildman–Crippen MR) is 69.5 cm³/mol. The first-order valence-electron chi connectivity index (χ1n) is 5.89. The lowest BCUT2D eigenvalue weighted by atomic mass is 9.98. The fourth-order valence-corrected chi connectivity index (χ4v) is 2.49. The van der Waals surface area contributed by atoms with E-state index in [9.17, 15) is 5.11 Å². The molecule has 0 spiro atoms. The van der Waals surface area contributed by atoms with Crippen LogP contribution in [0.25, 0.3) is 0 Å². The van der Waals surface area contributed by atoms with Crippen molar-refractivity contribution in [3.05, 3.63) is 15.9 Å². The number of aryl methyl sites for hydroxylation is 2. The van der Waals surface area contributed by atoms with E-state index in [2.05, 4.69) is 41.8 Å². The van der Waals surface area contributed by atoms with Crippen molar-refractivity contribution in [2.24, 2.45) is 13.0 Å². The molecule has 1 aromatic rings. The monoisotopic (exact) mass is 288 g/mol. The van der Waals surface area contributed by atoms with Crippen molar-refractivity contribution in [1.82, 2.24) is 9.78 Å². The third-order valence-corrected chi connectivity index (χ3v) is 4.12. The van der Waals surface area contributed by atoms with Crippen LogP contribution in [0.5, 0.6) is 0 Å². The zero-order valence-electron chi connectivity index (χ0n) is 10.5. The highest BCUT2D eigenvalue weighted by Gasteiger charge is 2.19. The Hall–Kier alpha value is -0.350. The first-order valence-corrected chi connectivity index (χ1v) is 6.68. The van der Waals surface area contributed by atoms with Crippen LogP contribution < -0.4 is 0 Å². The molecule has 0 aliphatic rings. The standard InChI is InChI=1S/C12H21BrN2O/c1-5-8(3)11(16)7-10-12(13)9(6-2)14-15(10)4/h8,11,16H,5-7H2,1-4H3. The molecule has 4 heteroatoms. The van der Waals surface area contributed by atoms with E-state index < -0.39 is 0 Å². The van der Waals surface area contributed by atoms with Crippen LogP contribution in [0.2, 0.25) is 0 Å². The van der Waals surface area contributed by atoms with Gasteiger partial charge in [-0.2, -0.15) is 5.10 Å². The van der Waals surface area contributed by atoms with E-state index in [4.69, 9.17) is 0 Å². The number of hydrogen-bond acceptors (Lipinski definition) is 2. The van der Waals surface area contributed by atoms with Crippen LogP contribution in [0.15, 0.2) is 4.47 Å². The average molecular weight is 289 g/mol. The van der Waals surface area contributed by atoms with Gasteiger partial charge in [-0.05, 0) is 28.3 Å². The van der Waals surface area contributed by atoms with E-state index in [-0.39, 0.29) is 6.10 Å². The van der Waals surface area contributed by atoms with Gasteiger partial charge in [0.2, 0.25) is 0 Å². The molecule has 1 N–H and O–H groups in total. The number of hydrogen-bond donors (Lipinski definition) is 1. The Morgan fingerprint density at radius 1 is 1.44 bits per heavy atom. The van der Waals surface area contributed by atoms with Crippen LogP contribution in [-0.2, 0) is 19.9 Å². The second-order valence-corrected chi connectivity index (χ2v) is 5.13. The van der Waals surface area contributed by atoms with E-state index in [0.29, 0.717) is 12.3 Å². The Morgan fingerprint density at radius 2 is 2.06 bits per heavy atom. The van der Waals surface area contributed by atoms with Crippen LogP contribution >= 0.6 is 15.9 Å². The van der Waals surface area contributed by atoms with E-state index in [0.717, 1.165) is 28.7 Å². The predicted octanol–water partition coefficient (Wildman–Crippen LogP) is 2.69. The fraction of sp³-hybridized carbons (Fsp3) is 0.750. The van der Waals surface area contributed by atoms with E-state index in [1.54, 1.807) is 0 Å². The molecule has 0 aromatic carbocycles. The van der Waals surface area contributed by atoms with Crippen molar-refractivity contribution in [3.8, 4) is 0 Å². The highest BCUT2D eigenvalue weighted by molar-refractivity contribution is 9.10. The van der Waals surface area contributed by atoms with Crippen LogP contribution in [0, 0.1) is 5.92 Å². The number of halogens is 1. The largest absolute Gasteiger partial charge is 0.392 e. The first-order chi connectivity index (χ1) is 7.51.